The monoisotopic (exact) mass is 430 g/mol. The van der Waals surface area contributed by atoms with Crippen LogP contribution in [0.3, 0.4) is 0 Å². The maximum Gasteiger partial charge on any atom is 0.573 e. The molecule has 0 radical (unpaired) electrons. The van der Waals surface area contributed by atoms with Gasteiger partial charge in [-0.2, -0.15) is 0 Å². The van der Waals surface area contributed by atoms with Gasteiger partial charge in [0.2, 0.25) is 0 Å². The van der Waals surface area contributed by atoms with Crippen LogP contribution in [-0.2, 0) is 12.8 Å². The molecule has 31 heavy (non-hydrogen) atoms. The van der Waals surface area contributed by atoms with Crippen molar-refractivity contribution in [3.05, 3.63) is 53.6 Å². The quantitative estimate of drug-likeness (QED) is 0.447. The van der Waals surface area contributed by atoms with Gasteiger partial charge >= 0.3 is 6.36 Å². The van der Waals surface area contributed by atoms with Crippen LogP contribution in [0.4, 0.5) is 13.2 Å². The van der Waals surface area contributed by atoms with Crippen LogP contribution in [0.25, 0.3) is 11.1 Å². The van der Waals surface area contributed by atoms with Crippen molar-refractivity contribution in [3.8, 4) is 16.9 Å². The number of unbranched alkanes of at least 4 members (excludes halogenated alkanes) is 1. The number of hydrogen-bond acceptors (Lipinski definition) is 1. The largest absolute Gasteiger partial charge is 0.573 e. The summed E-state index contributed by atoms with van der Waals surface area (Å²) in [6, 6.07) is 12.8. The third-order valence-electron chi connectivity index (χ3n) is 7.42. The number of halogens is 3. The van der Waals surface area contributed by atoms with Gasteiger partial charge in [0.05, 0.1) is 0 Å². The summed E-state index contributed by atoms with van der Waals surface area (Å²) in [5, 5.41) is 0. The van der Waals surface area contributed by atoms with Crippen molar-refractivity contribution in [3.63, 3.8) is 0 Å². The number of alkyl halides is 3. The topological polar surface area (TPSA) is 9.23 Å². The Morgan fingerprint density at radius 3 is 2.23 bits per heavy atom. The summed E-state index contributed by atoms with van der Waals surface area (Å²) in [7, 11) is 0. The van der Waals surface area contributed by atoms with Gasteiger partial charge in [0, 0.05) is 0 Å². The van der Waals surface area contributed by atoms with E-state index in [1.165, 1.54) is 81.0 Å². The van der Waals surface area contributed by atoms with Gasteiger partial charge in [-0.1, -0.05) is 69.4 Å². The van der Waals surface area contributed by atoms with Crippen molar-refractivity contribution in [2.24, 2.45) is 17.8 Å². The minimum atomic E-state index is -4.65. The maximum absolute atomic E-state index is 12.4. The van der Waals surface area contributed by atoms with E-state index in [1.807, 2.05) is 0 Å². The van der Waals surface area contributed by atoms with Crippen LogP contribution >= 0.6 is 0 Å². The number of aryl methyl sites for hydroxylation is 1. The third kappa shape index (κ3) is 5.84. The first-order valence-corrected chi connectivity index (χ1v) is 11.9. The second-order valence-corrected chi connectivity index (χ2v) is 9.48. The lowest BCUT2D eigenvalue weighted by atomic mass is 9.69. The highest BCUT2D eigenvalue weighted by atomic mass is 19.4. The van der Waals surface area contributed by atoms with Gasteiger partial charge < -0.3 is 4.74 Å². The predicted molar refractivity (Wildman–Crippen MR) is 119 cm³/mol. The number of benzene rings is 2. The smallest absolute Gasteiger partial charge is 0.406 e. The summed E-state index contributed by atoms with van der Waals surface area (Å²) in [4.78, 5) is 0. The molecule has 0 heterocycles. The lowest BCUT2D eigenvalue weighted by Gasteiger charge is -2.36. The van der Waals surface area contributed by atoms with Crippen LogP contribution in [0, 0.1) is 17.8 Å². The average molecular weight is 431 g/mol. The van der Waals surface area contributed by atoms with Crippen LogP contribution in [0.1, 0.15) is 69.4 Å². The molecular formula is C27H33F3O. The van der Waals surface area contributed by atoms with Gasteiger partial charge in [0.1, 0.15) is 5.75 Å². The first-order valence-electron chi connectivity index (χ1n) is 11.9. The maximum atomic E-state index is 12.4. The molecule has 2 aliphatic carbocycles. The van der Waals surface area contributed by atoms with Gasteiger partial charge in [-0.25, -0.2) is 0 Å². The van der Waals surface area contributed by atoms with Gasteiger partial charge in [0.25, 0.3) is 0 Å². The van der Waals surface area contributed by atoms with Crippen molar-refractivity contribution in [1.29, 1.82) is 0 Å². The minimum absolute atomic E-state index is 0.179. The zero-order valence-corrected chi connectivity index (χ0v) is 18.4. The molecule has 2 aliphatic rings. The molecule has 2 aromatic rings. The molecule has 168 valence electrons. The second-order valence-electron chi connectivity index (χ2n) is 9.48. The van der Waals surface area contributed by atoms with Crippen molar-refractivity contribution < 1.29 is 17.9 Å². The van der Waals surface area contributed by atoms with E-state index in [-0.39, 0.29) is 5.75 Å². The summed E-state index contributed by atoms with van der Waals surface area (Å²) in [5.74, 6) is 2.47. The Bertz CT molecular complexity index is 848. The van der Waals surface area contributed by atoms with Crippen molar-refractivity contribution in [2.45, 2.75) is 77.5 Å². The fourth-order valence-electron chi connectivity index (χ4n) is 5.66. The molecule has 1 unspecified atom stereocenters. The summed E-state index contributed by atoms with van der Waals surface area (Å²) in [6.45, 7) is 2.29. The molecular weight excluding hydrogens is 397 g/mol. The summed E-state index contributed by atoms with van der Waals surface area (Å²) in [5.41, 5.74) is 4.85. The zero-order chi connectivity index (χ0) is 21.8. The Kier molecular flexibility index (Phi) is 6.93. The normalized spacial score (nSPS) is 23.9. The van der Waals surface area contributed by atoms with E-state index in [0.29, 0.717) is 0 Å². The molecule has 1 saturated carbocycles. The van der Waals surface area contributed by atoms with E-state index in [9.17, 15) is 13.2 Å². The standard InChI is InChI=1S/C27H33F3O/c1-2-3-4-19-5-7-20(8-6-19)22-9-11-25-18-23(10-12-24(25)17-22)21-13-15-26(16-14-21)31-27(28,29)30/h10,12-16,18-20,22H,2-9,11,17H2,1H3. The van der Waals surface area contributed by atoms with E-state index in [0.717, 1.165) is 35.3 Å². The molecule has 4 heteroatoms. The van der Waals surface area contributed by atoms with E-state index < -0.39 is 6.36 Å². The lowest BCUT2D eigenvalue weighted by molar-refractivity contribution is -0.274. The fourth-order valence-corrected chi connectivity index (χ4v) is 5.66. The molecule has 0 saturated heterocycles. The fraction of sp³-hybridized carbons (Fsp3) is 0.556. The number of rotatable bonds is 6. The molecule has 1 atom stereocenters. The highest BCUT2D eigenvalue weighted by Gasteiger charge is 2.31. The molecule has 4 rings (SSSR count). The van der Waals surface area contributed by atoms with Gasteiger partial charge in [-0.3, -0.25) is 0 Å². The molecule has 0 N–H and O–H groups in total. The molecule has 0 aromatic heterocycles. The molecule has 0 spiro atoms. The first-order chi connectivity index (χ1) is 14.9. The van der Waals surface area contributed by atoms with E-state index >= 15 is 0 Å². The average Bonchev–Trinajstić information content (AvgIpc) is 2.77. The van der Waals surface area contributed by atoms with E-state index in [1.54, 1.807) is 12.1 Å². The van der Waals surface area contributed by atoms with Gasteiger partial charge in [-0.05, 0) is 84.2 Å². The SMILES string of the molecule is CCCCC1CCC(C2CCc3cc(-c4ccc(OC(F)(F)F)cc4)ccc3C2)CC1. The molecule has 0 amide bonds. The van der Waals surface area contributed by atoms with Crippen molar-refractivity contribution >= 4 is 0 Å². The lowest BCUT2D eigenvalue weighted by Crippen LogP contribution is -2.26. The molecule has 1 fully saturated rings. The van der Waals surface area contributed by atoms with Crippen LogP contribution in [0.2, 0.25) is 0 Å². The van der Waals surface area contributed by atoms with Gasteiger partial charge in [0.15, 0.2) is 0 Å². The van der Waals surface area contributed by atoms with E-state index in [2.05, 4.69) is 29.9 Å². The molecule has 0 bridgehead atoms. The van der Waals surface area contributed by atoms with E-state index in [4.69, 9.17) is 0 Å². The summed E-state index contributed by atoms with van der Waals surface area (Å²) in [6.07, 6.45) is 8.65. The Labute approximate surface area is 184 Å². The Morgan fingerprint density at radius 1 is 0.839 bits per heavy atom. The van der Waals surface area contributed by atoms with Gasteiger partial charge in [-0.15, -0.1) is 13.2 Å². The van der Waals surface area contributed by atoms with Crippen LogP contribution in [0.5, 0.6) is 5.75 Å². The minimum Gasteiger partial charge on any atom is -0.406 e. The van der Waals surface area contributed by atoms with Crippen LogP contribution < -0.4 is 4.74 Å². The Hall–Kier alpha value is -1.97. The number of hydrogen-bond donors (Lipinski definition) is 0. The predicted octanol–water partition coefficient (Wildman–Crippen LogP) is 8.35. The summed E-state index contributed by atoms with van der Waals surface area (Å²) >= 11 is 0. The zero-order valence-electron chi connectivity index (χ0n) is 18.4. The van der Waals surface area contributed by atoms with Crippen LogP contribution in [0.15, 0.2) is 42.5 Å². The summed E-state index contributed by atoms with van der Waals surface area (Å²) < 4.78 is 41.1. The Balaban J connectivity index is 1.37. The van der Waals surface area contributed by atoms with Crippen molar-refractivity contribution in [2.75, 3.05) is 0 Å². The second kappa shape index (κ2) is 9.67. The third-order valence-corrected chi connectivity index (χ3v) is 7.42. The first kappa shape index (κ1) is 22.2. The highest BCUT2D eigenvalue weighted by Crippen LogP contribution is 2.41. The molecule has 2 aromatic carbocycles. The van der Waals surface area contributed by atoms with Crippen LogP contribution in [-0.4, -0.2) is 6.36 Å². The molecule has 0 aliphatic heterocycles. The van der Waals surface area contributed by atoms with Crippen molar-refractivity contribution in [1.82, 2.24) is 0 Å². The number of fused-ring (bicyclic) bond motifs is 1. The molecule has 1 nitrogen and oxygen atoms in total. The Morgan fingerprint density at radius 2 is 1.55 bits per heavy atom. The number of ether oxygens (including phenoxy) is 1. The highest BCUT2D eigenvalue weighted by molar-refractivity contribution is 5.66.